The maximum Gasteiger partial charge on any atom is 0.335 e. The summed E-state index contributed by atoms with van der Waals surface area (Å²) in [5.74, 6) is 2.20. The van der Waals surface area contributed by atoms with E-state index >= 15 is 0 Å². The Kier molecular flexibility index (Phi) is 8.97. The van der Waals surface area contributed by atoms with Crippen LogP contribution in [-0.4, -0.2) is 85.8 Å². The lowest BCUT2D eigenvalue weighted by molar-refractivity contribution is 0.0772. The SMILES string of the molecule is COc1ccc(C2CCCCC2)cc1-c1csc(NC(=O)NN2CCN(C[C@@H]3CCCN(C)C3)CC2)n1. The van der Waals surface area contributed by atoms with Crippen LogP contribution in [0.3, 0.4) is 0 Å². The number of methoxy groups -OCH3 is 1. The highest BCUT2D eigenvalue weighted by molar-refractivity contribution is 7.14. The van der Waals surface area contributed by atoms with E-state index in [4.69, 9.17) is 9.72 Å². The van der Waals surface area contributed by atoms with Crippen LogP contribution in [0, 0.1) is 5.92 Å². The van der Waals surface area contributed by atoms with Crippen LogP contribution in [-0.2, 0) is 0 Å². The van der Waals surface area contributed by atoms with Crippen LogP contribution in [0.5, 0.6) is 5.75 Å². The van der Waals surface area contributed by atoms with Crippen molar-refractivity contribution in [2.45, 2.75) is 50.9 Å². The lowest BCUT2D eigenvalue weighted by Gasteiger charge is -2.38. The lowest BCUT2D eigenvalue weighted by Crippen LogP contribution is -2.55. The van der Waals surface area contributed by atoms with Gasteiger partial charge in [-0.25, -0.2) is 14.8 Å². The summed E-state index contributed by atoms with van der Waals surface area (Å²) >= 11 is 1.45. The van der Waals surface area contributed by atoms with Gasteiger partial charge in [-0.3, -0.25) is 10.7 Å². The van der Waals surface area contributed by atoms with Gasteiger partial charge in [0, 0.05) is 50.2 Å². The van der Waals surface area contributed by atoms with E-state index in [-0.39, 0.29) is 6.03 Å². The molecular formula is C28H42N6O2S. The highest BCUT2D eigenvalue weighted by Gasteiger charge is 2.24. The van der Waals surface area contributed by atoms with Crippen molar-refractivity contribution in [3.8, 4) is 17.0 Å². The molecule has 2 N–H and O–H groups in total. The number of piperidine rings is 1. The third-order valence-corrected chi connectivity index (χ3v) is 8.93. The van der Waals surface area contributed by atoms with Gasteiger partial charge in [-0.2, -0.15) is 0 Å². The Morgan fingerprint density at radius 2 is 1.89 bits per heavy atom. The molecule has 2 aliphatic heterocycles. The predicted molar refractivity (Wildman–Crippen MR) is 150 cm³/mol. The Balaban J connectivity index is 1.13. The molecule has 2 amide bonds. The molecule has 37 heavy (non-hydrogen) atoms. The fourth-order valence-electron chi connectivity index (χ4n) is 6.17. The number of rotatable bonds is 7. The van der Waals surface area contributed by atoms with Crippen LogP contribution in [0.1, 0.15) is 56.4 Å². The third kappa shape index (κ3) is 7.02. The quantitative estimate of drug-likeness (QED) is 0.537. The molecule has 2 saturated heterocycles. The van der Waals surface area contributed by atoms with E-state index in [1.54, 1.807) is 7.11 Å². The number of likely N-dealkylation sites (tertiary alicyclic amines) is 1. The zero-order chi connectivity index (χ0) is 25.6. The fraction of sp³-hybridized carbons (Fsp3) is 0.643. The molecule has 8 nitrogen and oxygen atoms in total. The Morgan fingerprint density at radius 1 is 1.08 bits per heavy atom. The number of ether oxygens (including phenoxy) is 1. The molecule has 1 atom stereocenters. The smallest absolute Gasteiger partial charge is 0.335 e. The van der Waals surface area contributed by atoms with Gasteiger partial charge in [0.1, 0.15) is 5.75 Å². The number of amides is 2. The number of hydrogen-bond acceptors (Lipinski definition) is 7. The first-order chi connectivity index (χ1) is 18.1. The van der Waals surface area contributed by atoms with E-state index in [0.29, 0.717) is 11.0 Å². The molecular weight excluding hydrogens is 484 g/mol. The molecule has 1 aromatic heterocycles. The molecule has 3 aliphatic rings. The number of nitrogens with zero attached hydrogens (tertiary/aromatic N) is 4. The van der Waals surface area contributed by atoms with E-state index < -0.39 is 0 Å². The van der Waals surface area contributed by atoms with Crippen molar-refractivity contribution in [1.29, 1.82) is 0 Å². The molecule has 0 spiro atoms. The number of benzene rings is 1. The summed E-state index contributed by atoms with van der Waals surface area (Å²) in [5, 5.41) is 7.54. The highest BCUT2D eigenvalue weighted by Crippen LogP contribution is 2.38. The summed E-state index contributed by atoms with van der Waals surface area (Å²) in [4.78, 5) is 22.4. The number of aromatic nitrogens is 1. The topological polar surface area (TPSA) is 73.0 Å². The monoisotopic (exact) mass is 526 g/mol. The van der Waals surface area contributed by atoms with E-state index in [1.807, 2.05) is 10.4 Å². The fourth-order valence-corrected chi connectivity index (χ4v) is 6.87. The van der Waals surface area contributed by atoms with E-state index in [1.165, 1.54) is 74.9 Å². The van der Waals surface area contributed by atoms with Crippen molar-refractivity contribution in [2.75, 3.05) is 65.3 Å². The Bertz CT molecular complexity index is 1030. The predicted octanol–water partition coefficient (Wildman–Crippen LogP) is 4.86. The first-order valence-electron chi connectivity index (χ1n) is 13.9. The second kappa shape index (κ2) is 12.6. The van der Waals surface area contributed by atoms with Crippen LogP contribution in [0.2, 0.25) is 0 Å². The third-order valence-electron chi connectivity index (χ3n) is 8.17. The minimum atomic E-state index is -0.230. The number of hydrogen-bond donors (Lipinski definition) is 2. The summed E-state index contributed by atoms with van der Waals surface area (Å²) in [6.45, 7) is 7.24. The van der Waals surface area contributed by atoms with Crippen LogP contribution in [0.4, 0.5) is 9.93 Å². The standard InChI is InChI=1S/C28H42N6O2S/c1-32-12-6-7-21(18-32)19-33-13-15-34(16-14-33)31-27(35)30-28-29-25(20-37-28)24-17-23(10-11-26(24)36-2)22-8-4-3-5-9-22/h10-11,17,20-22H,3-9,12-16,18-19H2,1-2H3,(H2,29,30,31,35)/t21-/m1/s1. The minimum Gasteiger partial charge on any atom is -0.496 e. The summed E-state index contributed by atoms with van der Waals surface area (Å²) in [5.41, 5.74) is 6.22. The van der Waals surface area contributed by atoms with Gasteiger partial charge in [0.15, 0.2) is 5.13 Å². The van der Waals surface area contributed by atoms with Gasteiger partial charge in [0.2, 0.25) is 0 Å². The highest BCUT2D eigenvalue weighted by atomic mass is 32.1. The van der Waals surface area contributed by atoms with Crippen molar-refractivity contribution in [1.82, 2.24) is 25.2 Å². The van der Waals surface area contributed by atoms with Crippen molar-refractivity contribution >= 4 is 22.5 Å². The maximum atomic E-state index is 12.7. The summed E-state index contributed by atoms with van der Waals surface area (Å²) < 4.78 is 5.65. The lowest BCUT2D eigenvalue weighted by atomic mass is 9.83. The average Bonchev–Trinajstić information content (AvgIpc) is 3.38. The summed E-state index contributed by atoms with van der Waals surface area (Å²) in [6, 6.07) is 6.26. The second-order valence-corrected chi connectivity index (χ2v) is 11.8. The van der Waals surface area contributed by atoms with Gasteiger partial charge >= 0.3 is 6.03 Å². The van der Waals surface area contributed by atoms with Crippen molar-refractivity contribution in [3.63, 3.8) is 0 Å². The number of nitrogens with one attached hydrogen (secondary N) is 2. The number of piperazine rings is 1. The number of carbonyl (C=O) groups is 1. The molecule has 3 heterocycles. The van der Waals surface area contributed by atoms with Gasteiger partial charge in [0.05, 0.1) is 12.8 Å². The first-order valence-corrected chi connectivity index (χ1v) is 14.8. The number of carbonyl (C=O) groups excluding carboxylic acids is 1. The molecule has 3 fully saturated rings. The Hall–Kier alpha value is -2.20. The molecule has 2 aromatic rings. The molecule has 0 unspecified atom stereocenters. The van der Waals surface area contributed by atoms with Crippen LogP contribution in [0.25, 0.3) is 11.3 Å². The van der Waals surface area contributed by atoms with Gasteiger partial charge in [-0.1, -0.05) is 25.3 Å². The molecule has 202 valence electrons. The number of anilines is 1. The summed E-state index contributed by atoms with van der Waals surface area (Å²) in [7, 11) is 3.93. The Labute approximate surface area is 225 Å². The van der Waals surface area contributed by atoms with Gasteiger partial charge < -0.3 is 14.5 Å². The molecule has 5 rings (SSSR count). The van der Waals surface area contributed by atoms with Crippen LogP contribution >= 0.6 is 11.3 Å². The second-order valence-electron chi connectivity index (χ2n) is 11.0. The molecule has 0 radical (unpaired) electrons. The van der Waals surface area contributed by atoms with Gasteiger partial charge in [-0.15, -0.1) is 11.3 Å². The normalized spacial score (nSPS) is 22.6. The zero-order valence-electron chi connectivity index (χ0n) is 22.4. The maximum absolute atomic E-state index is 12.7. The molecule has 1 aliphatic carbocycles. The molecule has 9 heteroatoms. The first kappa shape index (κ1) is 26.4. The van der Waals surface area contributed by atoms with Gasteiger partial charge in [-0.05, 0) is 68.8 Å². The van der Waals surface area contributed by atoms with Crippen molar-refractivity contribution in [2.24, 2.45) is 5.92 Å². The number of thiazole rings is 1. The summed E-state index contributed by atoms with van der Waals surface area (Å²) in [6.07, 6.45) is 9.09. The van der Waals surface area contributed by atoms with E-state index in [0.717, 1.165) is 55.6 Å². The number of hydrazine groups is 1. The van der Waals surface area contributed by atoms with Crippen LogP contribution < -0.4 is 15.5 Å². The van der Waals surface area contributed by atoms with Gasteiger partial charge in [0.25, 0.3) is 0 Å². The van der Waals surface area contributed by atoms with Crippen molar-refractivity contribution in [3.05, 3.63) is 29.1 Å². The molecule has 1 aromatic carbocycles. The zero-order valence-corrected chi connectivity index (χ0v) is 23.2. The average molecular weight is 527 g/mol. The molecule has 0 bridgehead atoms. The van der Waals surface area contributed by atoms with Crippen LogP contribution in [0.15, 0.2) is 23.6 Å². The minimum absolute atomic E-state index is 0.230. The van der Waals surface area contributed by atoms with Crippen molar-refractivity contribution < 1.29 is 9.53 Å². The molecule has 1 saturated carbocycles. The van der Waals surface area contributed by atoms with E-state index in [9.17, 15) is 4.79 Å². The number of urea groups is 1. The largest absolute Gasteiger partial charge is 0.496 e. The Morgan fingerprint density at radius 3 is 2.65 bits per heavy atom. The van der Waals surface area contributed by atoms with E-state index in [2.05, 4.69) is 45.8 Å².